The van der Waals surface area contributed by atoms with Gasteiger partial charge in [-0.2, -0.15) is 0 Å². The summed E-state index contributed by atoms with van der Waals surface area (Å²) in [6.07, 6.45) is 3.13. The summed E-state index contributed by atoms with van der Waals surface area (Å²) in [5, 5.41) is 1.08. The van der Waals surface area contributed by atoms with Crippen LogP contribution in [0, 0.1) is 0 Å². The summed E-state index contributed by atoms with van der Waals surface area (Å²) < 4.78 is 0. The maximum Gasteiger partial charge on any atom is 0.152 e. The fourth-order valence-electron chi connectivity index (χ4n) is 3.58. The molecule has 1 unspecified atom stereocenters. The fraction of sp³-hybridized carbons (Fsp3) is 0.273. The molecule has 0 aliphatic heterocycles. The van der Waals surface area contributed by atoms with Crippen molar-refractivity contribution in [2.24, 2.45) is 0 Å². The summed E-state index contributed by atoms with van der Waals surface area (Å²) in [5.74, 6) is 1.88. The van der Waals surface area contributed by atoms with E-state index in [-0.39, 0.29) is 0 Å². The number of nitrogens with one attached hydrogen (secondary N) is 1. The number of anilines is 1. The zero-order chi connectivity index (χ0) is 18.1. The second-order valence-electron chi connectivity index (χ2n) is 7.05. The van der Waals surface area contributed by atoms with Crippen LogP contribution >= 0.6 is 0 Å². The molecular weight excluding hydrogens is 320 g/mol. The zero-order valence-electron chi connectivity index (χ0n) is 15.3. The Balaban J connectivity index is 1.78. The SMILES string of the molecule is CCCC(C)c1nc2c(N)nc3cc(Cc4ccccc4)ccc3c2[nH]1. The van der Waals surface area contributed by atoms with E-state index < -0.39 is 0 Å². The van der Waals surface area contributed by atoms with E-state index >= 15 is 0 Å². The van der Waals surface area contributed by atoms with E-state index in [1.165, 1.54) is 11.1 Å². The lowest BCUT2D eigenvalue weighted by Gasteiger charge is -2.06. The van der Waals surface area contributed by atoms with E-state index in [2.05, 4.69) is 66.3 Å². The lowest BCUT2D eigenvalue weighted by atomic mass is 10.0. The van der Waals surface area contributed by atoms with Gasteiger partial charge in [0.1, 0.15) is 11.3 Å². The molecule has 4 rings (SSSR count). The molecule has 0 saturated carbocycles. The molecule has 2 heterocycles. The predicted molar refractivity (Wildman–Crippen MR) is 108 cm³/mol. The Labute approximate surface area is 153 Å². The number of rotatable bonds is 5. The molecule has 4 nitrogen and oxygen atoms in total. The molecule has 0 radical (unpaired) electrons. The number of nitrogen functional groups attached to an aromatic ring is 1. The second kappa shape index (κ2) is 6.79. The van der Waals surface area contributed by atoms with E-state index in [1.54, 1.807) is 0 Å². The predicted octanol–water partition coefficient (Wildman–Crippen LogP) is 5.19. The van der Waals surface area contributed by atoms with Crippen molar-refractivity contribution < 1.29 is 0 Å². The summed E-state index contributed by atoms with van der Waals surface area (Å²) in [4.78, 5) is 12.9. The van der Waals surface area contributed by atoms with E-state index in [1.807, 2.05) is 6.07 Å². The maximum absolute atomic E-state index is 6.22. The van der Waals surface area contributed by atoms with Crippen LogP contribution in [0.15, 0.2) is 48.5 Å². The molecule has 4 aromatic rings. The standard InChI is InChI=1S/C22H24N4/c1-3-7-14(2)22-25-19-17-11-10-16(12-15-8-5-4-6-9-15)13-18(17)24-21(23)20(19)26-22/h4-6,8-11,13-14H,3,7,12H2,1-2H3,(H2,23,24)(H,25,26). The van der Waals surface area contributed by atoms with Crippen LogP contribution in [0.5, 0.6) is 0 Å². The number of H-pyrrole nitrogens is 1. The highest BCUT2D eigenvalue weighted by Crippen LogP contribution is 2.30. The Kier molecular flexibility index (Phi) is 4.33. The minimum absolute atomic E-state index is 0.388. The Morgan fingerprint density at radius 3 is 2.62 bits per heavy atom. The number of imidazole rings is 1. The molecule has 26 heavy (non-hydrogen) atoms. The average Bonchev–Trinajstić information content (AvgIpc) is 3.09. The molecule has 0 fully saturated rings. The van der Waals surface area contributed by atoms with Crippen molar-refractivity contribution in [3.8, 4) is 0 Å². The van der Waals surface area contributed by atoms with Crippen molar-refractivity contribution >= 4 is 27.8 Å². The summed E-state index contributed by atoms with van der Waals surface area (Å²) >= 11 is 0. The van der Waals surface area contributed by atoms with E-state index in [0.29, 0.717) is 11.7 Å². The largest absolute Gasteiger partial charge is 0.382 e. The lowest BCUT2D eigenvalue weighted by Crippen LogP contribution is -1.95. The van der Waals surface area contributed by atoms with Gasteiger partial charge >= 0.3 is 0 Å². The molecule has 0 amide bonds. The topological polar surface area (TPSA) is 67.6 Å². The van der Waals surface area contributed by atoms with Crippen molar-refractivity contribution in [1.29, 1.82) is 0 Å². The normalized spacial score (nSPS) is 12.7. The number of pyridine rings is 1. The molecule has 0 aliphatic carbocycles. The quantitative estimate of drug-likeness (QED) is 0.523. The molecule has 132 valence electrons. The van der Waals surface area contributed by atoms with Gasteiger partial charge in [-0.1, -0.05) is 62.7 Å². The van der Waals surface area contributed by atoms with E-state index in [0.717, 1.165) is 47.0 Å². The fourth-order valence-corrected chi connectivity index (χ4v) is 3.58. The number of hydrogen-bond donors (Lipinski definition) is 2. The van der Waals surface area contributed by atoms with Crippen molar-refractivity contribution in [3.63, 3.8) is 0 Å². The van der Waals surface area contributed by atoms with Gasteiger partial charge in [-0.05, 0) is 30.0 Å². The first-order valence-corrected chi connectivity index (χ1v) is 9.27. The summed E-state index contributed by atoms with van der Waals surface area (Å²) in [7, 11) is 0. The third-order valence-corrected chi connectivity index (χ3v) is 4.98. The van der Waals surface area contributed by atoms with Gasteiger partial charge in [0.2, 0.25) is 0 Å². The van der Waals surface area contributed by atoms with Gasteiger partial charge < -0.3 is 10.7 Å². The minimum Gasteiger partial charge on any atom is -0.382 e. The molecule has 1 atom stereocenters. The van der Waals surface area contributed by atoms with Gasteiger partial charge in [-0.3, -0.25) is 0 Å². The summed E-state index contributed by atoms with van der Waals surface area (Å²) in [6.45, 7) is 4.39. The van der Waals surface area contributed by atoms with Crippen LogP contribution in [0.25, 0.3) is 21.9 Å². The summed E-state index contributed by atoms with van der Waals surface area (Å²) in [5.41, 5.74) is 11.4. The molecule has 2 aromatic heterocycles. The molecule has 0 bridgehead atoms. The first kappa shape index (κ1) is 16.6. The molecule has 0 aliphatic rings. The number of nitrogens with two attached hydrogens (primary N) is 1. The smallest absolute Gasteiger partial charge is 0.152 e. The summed E-state index contributed by atoms with van der Waals surface area (Å²) in [6, 6.07) is 16.9. The van der Waals surface area contributed by atoms with Crippen molar-refractivity contribution in [1.82, 2.24) is 15.0 Å². The number of aromatic nitrogens is 3. The third-order valence-electron chi connectivity index (χ3n) is 4.98. The van der Waals surface area contributed by atoms with Crippen molar-refractivity contribution in [2.45, 2.75) is 39.0 Å². The molecule has 0 spiro atoms. The van der Waals surface area contributed by atoms with Gasteiger partial charge in [-0.25, -0.2) is 9.97 Å². The number of fused-ring (bicyclic) bond motifs is 3. The van der Waals surface area contributed by atoms with Gasteiger partial charge in [-0.15, -0.1) is 0 Å². The lowest BCUT2D eigenvalue weighted by molar-refractivity contribution is 0.636. The molecule has 4 heteroatoms. The average molecular weight is 344 g/mol. The highest BCUT2D eigenvalue weighted by molar-refractivity contribution is 6.06. The number of hydrogen-bond acceptors (Lipinski definition) is 3. The number of nitrogens with zero attached hydrogens (tertiary/aromatic N) is 2. The van der Waals surface area contributed by atoms with Gasteiger partial charge in [0, 0.05) is 11.3 Å². The van der Waals surface area contributed by atoms with Crippen LogP contribution in [-0.2, 0) is 6.42 Å². The minimum atomic E-state index is 0.388. The monoisotopic (exact) mass is 344 g/mol. The molecule has 2 aromatic carbocycles. The highest BCUT2D eigenvalue weighted by Gasteiger charge is 2.15. The highest BCUT2D eigenvalue weighted by atomic mass is 15.0. The van der Waals surface area contributed by atoms with Crippen LogP contribution in [0.1, 0.15) is 49.6 Å². The maximum atomic E-state index is 6.22. The van der Waals surface area contributed by atoms with Crippen molar-refractivity contribution in [3.05, 3.63) is 65.5 Å². The number of aromatic amines is 1. The van der Waals surface area contributed by atoms with Crippen LogP contribution in [0.3, 0.4) is 0 Å². The molecular formula is C22H24N4. The number of benzene rings is 2. The Morgan fingerprint density at radius 1 is 1.04 bits per heavy atom. The first-order chi connectivity index (χ1) is 12.7. The molecule has 0 saturated heterocycles. The van der Waals surface area contributed by atoms with Crippen LogP contribution < -0.4 is 5.73 Å². The Bertz CT molecular complexity index is 1050. The van der Waals surface area contributed by atoms with Gasteiger partial charge in [0.05, 0.1) is 11.0 Å². The van der Waals surface area contributed by atoms with Crippen LogP contribution in [0.4, 0.5) is 5.82 Å². The molecule has 3 N–H and O–H groups in total. The van der Waals surface area contributed by atoms with E-state index in [4.69, 9.17) is 10.7 Å². The Hall–Kier alpha value is -2.88. The van der Waals surface area contributed by atoms with Gasteiger partial charge in [0.15, 0.2) is 5.82 Å². The van der Waals surface area contributed by atoms with Crippen LogP contribution in [0.2, 0.25) is 0 Å². The zero-order valence-corrected chi connectivity index (χ0v) is 15.3. The van der Waals surface area contributed by atoms with Crippen molar-refractivity contribution in [2.75, 3.05) is 5.73 Å². The van der Waals surface area contributed by atoms with Gasteiger partial charge in [0.25, 0.3) is 0 Å². The van der Waals surface area contributed by atoms with E-state index in [9.17, 15) is 0 Å². The Morgan fingerprint density at radius 2 is 1.85 bits per heavy atom. The second-order valence-corrected chi connectivity index (χ2v) is 7.05. The third kappa shape index (κ3) is 3.03. The first-order valence-electron chi connectivity index (χ1n) is 9.27. The van der Waals surface area contributed by atoms with Crippen LogP contribution in [-0.4, -0.2) is 15.0 Å².